The summed E-state index contributed by atoms with van der Waals surface area (Å²) < 4.78 is 0. The zero-order chi connectivity index (χ0) is 13.4. The average molecular weight is 250 g/mol. The summed E-state index contributed by atoms with van der Waals surface area (Å²) in [6.07, 6.45) is 4.38. The third-order valence-electron chi connectivity index (χ3n) is 3.63. The lowest BCUT2D eigenvalue weighted by Crippen LogP contribution is -1.84. The van der Waals surface area contributed by atoms with Crippen LogP contribution in [-0.4, -0.2) is 16.3 Å². The molecule has 2 heterocycles. The zero-order valence-electron chi connectivity index (χ0n) is 10.9. The monoisotopic (exact) mass is 250 g/mol. The van der Waals surface area contributed by atoms with E-state index < -0.39 is 0 Å². The summed E-state index contributed by atoms with van der Waals surface area (Å²) in [6, 6.07) is 7.86. The van der Waals surface area contributed by atoms with E-state index in [1.807, 2.05) is 18.2 Å². The average Bonchev–Trinajstić information content (AvgIpc) is 2.83. The highest BCUT2D eigenvalue weighted by Crippen LogP contribution is 2.31. The van der Waals surface area contributed by atoms with Crippen LogP contribution in [-0.2, 0) is 0 Å². The molecular weight excluding hydrogens is 236 g/mol. The Bertz CT molecular complexity index is 757. The molecule has 0 spiro atoms. The number of hydrogen-bond acceptors (Lipinski definition) is 2. The minimum Gasteiger partial charge on any atom is -0.354 e. The number of aromatic nitrogens is 2. The van der Waals surface area contributed by atoms with Crippen LogP contribution in [0.1, 0.15) is 21.5 Å². The second-order valence-electron chi connectivity index (χ2n) is 4.70. The molecule has 1 N–H and O–H groups in total. The fourth-order valence-corrected chi connectivity index (χ4v) is 2.40. The Labute approximate surface area is 111 Å². The predicted molar refractivity (Wildman–Crippen MR) is 76.4 cm³/mol. The van der Waals surface area contributed by atoms with E-state index in [0.29, 0.717) is 5.56 Å². The lowest BCUT2D eigenvalue weighted by atomic mass is 10.0. The van der Waals surface area contributed by atoms with Crippen LogP contribution < -0.4 is 0 Å². The van der Waals surface area contributed by atoms with Gasteiger partial charge in [-0.05, 0) is 37.1 Å². The van der Waals surface area contributed by atoms with Crippen LogP contribution in [0.5, 0.6) is 0 Å². The van der Waals surface area contributed by atoms with E-state index >= 15 is 0 Å². The summed E-state index contributed by atoms with van der Waals surface area (Å²) in [5.41, 5.74) is 5.98. The van der Waals surface area contributed by atoms with Gasteiger partial charge in [-0.2, -0.15) is 0 Å². The molecule has 0 fully saturated rings. The van der Waals surface area contributed by atoms with Crippen molar-refractivity contribution < 1.29 is 4.79 Å². The molecule has 1 aromatic carbocycles. The van der Waals surface area contributed by atoms with Gasteiger partial charge in [-0.25, -0.2) is 0 Å². The van der Waals surface area contributed by atoms with Crippen molar-refractivity contribution in [1.82, 2.24) is 9.97 Å². The van der Waals surface area contributed by atoms with E-state index in [9.17, 15) is 4.79 Å². The van der Waals surface area contributed by atoms with Crippen LogP contribution in [0.4, 0.5) is 0 Å². The van der Waals surface area contributed by atoms with Gasteiger partial charge in [-0.15, -0.1) is 0 Å². The number of aromatic amines is 1. The molecule has 3 nitrogen and oxygen atoms in total. The fraction of sp³-hybridized carbons (Fsp3) is 0.125. The third-order valence-corrected chi connectivity index (χ3v) is 3.63. The zero-order valence-corrected chi connectivity index (χ0v) is 10.9. The number of aldehydes is 1. The van der Waals surface area contributed by atoms with E-state index in [0.717, 1.165) is 28.4 Å². The van der Waals surface area contributed by atoms with Crippen molar-refractivity contribution in [3.8, 4) is 11.3 Å². The fourth-order valence-electron chi connectivity index (χ4n) is 2.40. The number of nitrogens with one attached hydrogen (secondary N) is 1. The molecular formula is C16H14N2O. The SMILES string of the molecule is Cc1ccc2c(C=O)c(-c3ccncc3)[nH]c2c1C. The maximum absolute atomic E-state index is 11.4. The summed E-state index contributed by atoms with van der Waals surface area (Å²) in [4.78, 5) is 18.8. The van der Waals surface area contributed by atoms with Gasteiger partial charge in [0.05, 0.1) is 5.69 Å². The molecule has 3 aromatic rings. The predicted octanol–water partition coefficient (Wildman–Crippen LogP) is 3.66. The van der Waals surface area contributed by atoms with Crippen LogP contribution in [0, 0.1) is 13.8 Å². The molecule has 0 bridgehead atoms. The molecule has 0 aliphatic heterocycles. The lowest BCUT2D eigenvalue weighted by molar-refractivity contribution is 0.112. The molecule has 0 radical (unpaired) electrons. The molecule has 2 aromatic heterocycles. The third kappa shape index (κ3) is 1.74. The molecule has 19 heavy (non-hydrogen) atoms. The van der Waals surface area contributed by atoms with Crippen molar-refractivity contribution in [2.24, 2.45) is 0 Å². The minimum atomic E-state index is 0.712. The molecule has 3 heteroatoms. The van der Waals surface area contributed by atoms with E-state index in [1.165, 1.54) is 11.1 Å². The van der Waals surface area contributed by atoms with Gasteiger partial charge >= 0.3 is 0 Å². The molecule has 0 aliphatic carbocycles. The van der Waals surface area contributed by atoms with Crippen molar-refractivity contribution >= 4 is 17.2 Å². The van der Waals surface area contributed by atoms with Crippen LogP contribution in [0.25, 0.3) is 22.2 Å². The highest BCUT2D eigenvalue weighted by molar-refractivity contribution is 6.05. The second kappa shape index (κ2) is 4.35. The molecule has 0 unspecified atom stereocenters. The Morgan fingerprint density at radius 2 is 1.84 bits per heavy atom. The van der Waals surface area contributed by atoms with E-state index in [1.54, 1.807) is 12.4 Å². The highest BCUT2D eigenvalue weighted by atomic mass is 16.1. The number of carbonyl (C=O) groups is 1. The first-order valence-electron chi connectivity index (χ1n) is 6.20. The summed E-state index contributed by atoms with van der Waals surface area (Å²) in [6.45, 7) is 4.14. The van der Waals surface area contributed by atoms with Crippen LogP contribution in [0.15, 0.2) is 36.7 Å². The van der Waals surface area contributed by atoms with Gasteiger partial charge in [0.15, 0.2) is 6.29 Å². The number of hydrogen-bond donors (Lipinski definition) is 1. The maximum atomic E-state index is 11.4. The quantitative estimate of drug-likeness (QED) is 0.705. The molecule has 0 amide bonds. The number of nitrogens with zero attached hydrogens (tertiary/aromatic N) is 1. The highest BCUT2D eigenvalue weighted by Gasteiger charge is 2.14. The van der Waals surface area contributed by atoms with Crippen LogP contribution in [0.3, 0.4) is 0 Å². The molecule has 3 rings (SSSR count). The van der Waals surface area contributed by atoms with E-state index in [4.69, 9.17) is 0 Å². The van der Waals surface area contributed by atoms with Crippen molar-refractivity contribution in [2.45, 2.75) is 13.8 Å². The van der Waals surface area contributed by atoms with Crippen molar-refractivity contribution in [1.29, 1.82) is 0 Å². The molecule has 0 saturated carbocycles. The molecule has 0 aliphatic rings. The standard InChI is InChI=1S/C16H14N2O/c1-10-3-4-13-14(9-19)16(18-15(13)11(10)2)12-5-7-17-8-6-12/h3-9,18H,1-2H3. The van der Waals surface area contributed by atoms with Crippen LogP contribution in [0.2, 0.25) is 0 Å². The van der Waals surface area contributed by atoms with Crippen molar-refractivity contribution in [2.75, 3.05) is 0 Å². The number of benzene rings is 1. The maximum Gasteiger partial charge on any atom is 0.152 e. The number of pyridine rings is 1. The van der Waals surface area contributed by atoms with Crippen LogP contribution >= 0.6 is 0 Å². The Morgan fingerprint density at radius 3 is 2.53 bits per heavy atom. The van der Waals surface area contributed by atoms with Crippen molar-refractivity contribution in [3.63, 3.8) is 0 Å². The summed E-state index contributed by atoms with van der Waals surface area (Å²) in [5.74, 6) is 0. The second-order valence-corrected chi connectivity index (χ2v) is 4.70. The smallest absolute Gasteiger partial charge is 0.152 e. The summed E-state index contributed by atoms with van der Waals surface area (Å²) >= 11 is 0. The van der Waals surface area contributed by atoms with Crippen molar-refractivity contribution in [3.05, 3.63) is 53.3 Å². The van der Waals surface area contributed by atoms with Gasteiger partial charge in [0.1, 0.15) is 0 Å². The van der Waals surface area contributed by atoms with Gasteiger partial charge in [0.25, 0.3) is 0 Å². The Morgan fingerprint density at radius 1 is 1.11 bits per heavy atom. The Hall–Kier alpha value is -2.42. The summed E-state index contributed by atoms with van der Waals surface area (Å²) in [5, 5.41) is 0.977. The number of fused-ring (bicyclic) bond motifs is 1. The normalized spacial score (nSPS) is 10.8. The molecule has 94 valence electrons. The topological polar surface area (TPSA) is 45.8 Å². The number of H-pyrrole nitrogens is 1. The number of aryl methyl sites for hydroxylation is 2. The lowest BCUT2D eigenvalue weighted by Gasteiger charge is -2.00. The Kier molecular flexibility index (Phi) is 2.67. The van der Waals surface area contributed by atoms with Gasteiger partial charge in [-0.1, -0.05) is 12.1 Å². The summed E-state index contributed by atoms with van der Waals surface area (Å²) in [7, 11) is 0. The number of carbonyl (C=O) groups excluding carboxylic acids is 1. The van der Waals surface area contributed by atoms with Gasteiger partial charge in [0.2, 0.25) is 0 Å². The number of rotatable bonds is 2. The first kappa shape index (κ1) is 11.7. The molecule has 0 atom stereocenters. The van der Waals surface area contributed by atoms with Gasteiger partial charge < -0.3 is 4.98 Å². The van der Waals surface area contributed by atoms with Gasteiger partial charge in [0, 0.05) is 34.4 Å². The van der Waals surface area contributed by atoms with E-state index in [2.05, 4.69) is 29.9 Å². The largest absolute Gasteiger partial charge is 0.354 e. The van der Waals surface area contributed by atoms with E-state index in [-0.39, 0.29) is 0 Å². The minimum absolute atomic E-state index is 0.712. The van der Waals surface area contributed by atoms with Gasteiger partial charge in [-0.3, -0.25) is 9.78 Å². The first-order chi connectivity index (χ1) is 9.22. The Balaban J connectivity index is 2.38. The first-order valence-corrected chi connectivity index (χ1v) is 6.20. The molecule has 0 saturated heterocycles.